The molecule has 1 aromatic carbocycles. The lowest BCUT2D eigenvalue weighted by molar-refractivity contribution is -0.137. The molecule has 0 saturated carbocycles. The number of rotatable bonds is 7. The van der Waals surface area contributed by atoms with E-state index in [0.717, 1.165) is 18.4 Å². The summed E-state index contributed by atoms with van der Waals surface area (Å²) in [6, 6.07) is 5.62. The third-order valence-corrected chi connectivity index (χ3v) is 6.12. The van der Waals surface area contributed by atoms with Crippen LogP contribution in [0.1, 0.15) is 38.7 Å². The highest BCUT2D eigenvalue weighted by molar-refractivity contribution is 5.89. The maximum absolute atomic E-state index is 12.8. The van der Waals surface area contributed by atoms with Crippen molar-refractivity contribution in [2.45, 2.75) is 51.6 Å². The van der Waals surface area contributed by atoms with Gasteiger partial charge in [0.15, 0.2) is 11.5 Å². The highest BCUT2D eigenvalue weighted by Gasteiger charge is 2.38. The van der Waals surface area contributed by atoms with Gasteiger partial charge in [-0.25, -0.2) is 0 Å². The van der Waals surface area contributed by atoms with Crippen LogP contribution < -0.4 is 14.8 Å². The molecule has 0 bridgehead atoms. The van der Waals surface area contributed by atoms with Crippen LogP contribution in [0.2, 0.25) is 0 Å². The standard InChI is InChI=1S/C23H33N3O5/c1-15(2)26-14-17(13-22(26)28)23(29)25-9-7-18(8-10-25)24-21(27)12-16-5-6-19(30-3)20(11-16)31-4/h5-6,11,15,17-18H,7-10,12-14H2,1-4H3,(H,24,27). The number of methoxy groups -OCH3 is 2. The summed E-state index contributed by atoms with van der Waals surface area (Å²) in [5, 5.41) is 3.08. The highest BCUT2D eigenvalue weighted by Crippen LogP contribution is 2.28. The Labute approximate surface area is 183 Å². The summed E-state index contributed by atoms with van der Waals surface area (Å²) in [4.78, 5) is 41.1. The lowest BCUT2D eigenvalue weighted by Crippen LogP contribution is -2.48. The number of amides is 3. The van der Waals surface area contributed by atoms with Crippen molar-refractivity contribution in [3.63, 3.8) is 0 Å². The summed E-state index contributed by atoms with van der Waals surface area (Å²) in [5.41, 5.74) is 0.850. The molecule has 1 N–H and O–H groups in total. The predicted octanol–water partition coefficient (Wildman–Crippen LogP) is 1.61. The van der Waals surface area contributed by atoms with E-state index >= 15 is 0 Å². The highest BCUT2D eigenvalue weighted by atomic mass is 16.5. The van der Waals surface area contributed by atoms with E-state index in [0.29, 0.717) is 37.6 Å². The van der Waals surface area contributed by atoms with E-state index in [9.17, 15) is 14.4 Å². The van der Waals surface area contributed by atoms with Crippen molar-refractivity contribution in [3.05, 3.63) is 23.8 Å². The van der Waals surface area contributed by atoms with E-state index in [-0.39, 0.29) is 42.1 Å². The predicted molar refractivity (Wildman–Crippen MR) is 116 cm³/mol. The maximum atomic E-state index is 12.8. The van der Waals surface area contributed by atoms with Crippen molar-refractivity contribution < 1.29 is 23.9 Å². The summed E-state index contributed by atoms with van der Waals surface area (Å²) in [5.74, 6) is 1.06. The molecule has 2 aliphatic rings. The number of benzene rings is 1. The largest absolute Gasteiger partial charge is 0.493 e. The summed E-state index contributed by atoms with van der Waals surface area (Å²) in [7, 11) is 3.14. The molecule has 8 heteroatoms. The van der Waals surface area contributed by atoms with Gasteiger partial charge in [-0.1, -0.05) is 6.07 Å². The molecule has 2 heterocycles. The second-order valence-electron chi connectivity index (χ2n) is 8.57. The second-order valence-corrected chi connectivity index (χ2v) is 8.57. The average molecular weight is 432 g/mol. The van der Waals surface area contributed by atoms with Crippen molar-refractivity contribution in [3.8, 4) is 11.5 Å². The van der Waals surface area contributed by atoms with Crippen molar-refractivity contribution in [2.75, 3.05) is 33.9 Å². The van der Waals surface area contributed by atoms with Gasteiger partial charge in [-0.15, -0.1) is 0 Å². The van der Waals surface area contributed by atoms with Crippen LogP contribution in [0.3, 0.4) is 0 Å². The molecule has 3 amide bonds. The molecule has 31 heavy (non-hydrogen) atoms. The summed E-state index contributed by atoms with van der Waals surface area (Å²) in [6.45, 7) is 5.66. The fraction of sp³-hybridized carbons (Fsp3) is 0.609. The quantitative estimate of drug-likeness (QED) is 0.709. The van der Waals surface area contributed by atoms with Crippen molar-refractivity contribution in [1.82, 2.24) is 15.1 Å². The van der Waals surface area contributed by atoms with Crippen LogP contribution in [-0.2, 0) is 20.8 Å². The minimum absolute atomic E-state index is 0.0500. The Hall–Kier alpha value is -2.77. The van der Waals surface area contributed by atoms with E-state index in [4.69, 9.17) is 9.47 Å². The molecule has 2 saturated heterocycles. The van der Waals surface area contributed by atoms with E-state index in [1.165, 1.54) is 0 Å². The van der Waals surface area contributed by atoms with Crippen LogP contribution in [0.5, 0.6) is 11.5 Å². The monoisotopic (exact) mass is 431 g/mol. The molecule has 2 aliphatic heterocycles. The van der Waals surface area contributed by atoms with Crippen LogP contribution in [0, 0.1) is 5.92 Å². The third-order valence-electron chi connectivity index (χ3n) is 6.12. The smallest absolute Gasteiger partial charge is 0.227 e. The summed E-state index contributed by atoms with van der Waals surface area (Å²) >= 11 is 0. The molecule has 1 unspecified atom stereocenters. The fourth-order valence-electron chi connectivity index (χ4n) is 4.35. The van der Waals surface area contributed by atoms with Gasteiger partial charge in [0.05, 0.1) is 26.6 Å². The van der Waals surface area contributed by atoms with Crippen LogP contribution in [0.15, 0.2) is 18.2 Å². The van der Waals surface area contributed by atoms with Crippen molar-refractivity contribution in [2.24, 2.45) is 5.92 Å². The van der Waals surface area contributed by atoms with Gasteiger partial charge in [-0.05, 0) is 44.4 Å². The lowest BCUT2D eigenvalue weighted by Gasteiger charge is -2.34. The lowest BCUT2D eigenvalue weighted by atomic mass is 10.0. The third kappa shape index (κ3) is 5.48. The number of nitrogens with one attached hydrogen (secondary N) is 1. The molecule has 0 aromatic heterocycles. The minimum atomic E-state index is -0.244. The molecule has 8 nitrogen and oxygen atoms in total. The normalized spacial score (nSPS) is 19.6. The van der Waals surface area contributed by atoms with E-state index in [1.54, 1.807) is 25.2 Å². The van der Waals surface area contributed by atoms with Gasteiger partial charge in [-0.2, -0.15) is 0 Å². The molecule has 0 spiro atoms. The first-order valence-corrected chi connectivity index (χ1v) is 10.9. The number of hydrogen-bond acceptors (Lipinski definition) is 5. The fourth-order valence-corrected chi connectivity index (χ4v) is 4.35. The number of nitrogens with zero attached hydrogens (tertiary/aromatic N) is 2. The van der Waals surface area contributed by atoms with Crippen LogP contribution >= 0.6 is 0 Å². The minimum Gasteiger partial charge on any atom is -0.493 e. The SMILES string of the molecule is COc1ccc(CC(=O)NC2CCN(C(=O)C3CC(=O)N(C(C)C)C3)CC2)cc1OC. The zero-order valence-corrected chi connectivity index (χ0v) is 18.8. The Morgan fingerprint density at radius 3 is 2.39 bits per heavy atom. The van der Waals surface area contributed by atoms with E-state index in [1.807, 2.05) is 30.9 Å². The Bertz CT molecular complexity index is 817. The van der Waals surface area contributed by atoms with E-state index in [2.05, 4.69) is 5.32 Å². The molecule has 1 atom stereocenters. The Balaban J connectivity index is 1.46. The van der Waals surface area contributed by atoms with Crippen molar-refractivity contribution in [1.29, 1.82) is 0 Å². The van der Waals surface area contributed by atoms with Gasteiger partial charge in [-0.3, -0.25) is 14.4 Å². The van der Waals surface area contributed by atoms with Gasteiger partial charge in [0.25, 0.3) is 0 Å². The Morgan fingerprint density at radius 2 is 1.81 bits per heavy atom. The van der Waals surface area contributed by atoms with E-state index < -0.39 is 0 Å². The molecular formula is C23H33N3O5. The van der Waals surface area contributed by atoms with Crippen LogP contribution in [-0.4, -0.2) is 73.5 Å². The summed E-state index contributed by atoms with van der Waals surface area (Å²) in [6.07, 6.45) is 2.00. The number of ether oxygens (including phenoxy) is 2. The first-order valence-electron chi connectivity index (χ1n) is 10.9. The first kappa shape index (κ1) is 22.9. The Kier molecular flexibility index (Phi) is 7.41. The average Bonchev–Trinajstić information content (AvgIpc) is 3.15. The topological polar surface area (TPSA) is 88.2 Å². The number of carbonyl (C=O) groups is 3. The zero-order valence-electron chi connectivity index (χ0n) is 18.8. The van der Waals surface area contributed by atoms with Gasteiger partial charge in [0, 0.05) is 38.1 Å². The molecule has 0 radical (unpaired) electrons. The molecule has 0 aliphatic carbocycles. The first-order chi connectivity index (χ1) is 14.8. The molecular weight excluding hydrogens is 398 g/mol. The number of likely N-dealkylation sites (tertiary alicyclic amines) is 2. The van der Waals surface area contributed by atoms with Gasteiger partial charge in [0.1, 0.15) is 0 Å². The van der Waals surface area contributed by atoms with Crippen LogP contribution in [0.25, 0.3) is 0 Å². The molecule has 3 rings (SSSR count). The second kappa shape index (κ2) is 10.0. The van der Waals surface area contributed by atoms with Gasteiger partial charge in [0.2, 0.25) is 17.7 Å². The van der Waals surface area contributed by atoms with Gasteiger partial charge >= 0.3 is 0 Å². The van der Waals surface area contributed by atoms with Crippen LogP contribution in [0.4, 0.5) is 0 Å². The zero-order chi connectivity index (χ0) is 22.5. The number of piperidine rings is 1. The molecule has 2 fully saturated rings. The number of hydrogen-bond donors (Lipinski definition) is 1. The number of carbonyl (C=O) groups excluding carboxylic acids is 3. The summed E-state index contributed by atoms with van der Waals surface area (Å²) < 4.78 is 10.5. The van der Waals surface area contributed by atoms with Gasteiger partial charge < -0.3 is 24.6 Å². The Morgan fingerprint density at radius 1 is 1.13 bits per heavy atom. The molecule has 1 aromatic rings. The van der Waals surface area contributed by atoms with Crippen molar-refractivity contribution >= 4 is 17.7 Å². The maximum Gasteiger partial charge on any atom is 0.227 e. The molecule has 170 valence electrons.